The molecule has 1 unspecified atom stereocenters. The number of sulfone groups is 1. The average Bonchev–Trinajstić information content (AvgIpc) is 2.40. The van der Waals surface area contributed by atoms with Crippen molar-refractivity contribution in [1.29, 1.82) is 0 Å². The maximum absolute atomic E-state index is 11.6. The SMILES string of the molecule is COC(=O)C1(NC(C)C)CCS(=O)(=O)C1. The maximum atomic E-state index is 11.6. The molecule has 5 nitrogen and oxygen atoms in total. The van der Waals surface area contributed by atoms with Crippen LogP contribution in [-0.2, 0) is 19.4 Å². The molecule has 0 spiro atoms. The number of carbonyl (C=O) groups is 1. The normalized spacial score (nSPS) is 29.3. The second-order valence-corrected chi connectivity index (χ2v) is 6.40. The summed E-state index contributed by atoms with van der Waals surface area (Å²) in [5.41, 5.74) is -1.04. The van der Waals surface area contributed by atoms with Crippen LogP contribution < -0.4 is 5.32 Å². The topological polar surface area (TPSA) is 72.5 Å². The van der Waals surface area contributed by atoms with E-state index in [0.29, 0.717) is 6.42 Å². The molecule has 6 heteroatoms. The first-order valence-corrected chi connectivity index (χ1v) is 6.70. The molecule has 0 bridgehead atoms. The van der Waals surface area contributed by atoms with E-state index in [4.69, 9.17) is 0 Å². The highest BCUT2D eigenvalue weighted by Gasteiger charge is 2.49. The predicted molar refractivity (Wildman–Crippen MR) is 56.3 cm³/mol. The molecular weight excluding hydrogens is 218 g/mol. The van der Waals surface area contributed by atoms with Crippen LogP contribution in [0.3, 0.4) is 0 Å². The highest BCUT2D eigenvalue weighted by molar-refractivity contribution is 7.91. The summed E-state index contributed by atoms with van der Waals surface area (Å²) < 4.78 is 27.5. The van der Waals surface area contributed by atoms with Crippen LogP contribution in [0.1, 0.15) is 20.3 Å². The molecular formula is C9H17NO4S. The van der Waals surface area contributed by atoms with Gasteiger partial charge in [0.25, 0.3) is 0 Å². The summed E-state index contributed by atoms with van der Waals surface area (Å²) in [7, 11) is -1.84. The van der Waals surface area contributed by atoms with E-state index in [-0.39, 0.29) is 17.5 Å². The molecule has 1 fully saturated rings. The number of carbonyl (C=O) groups excluding carboxylic acids is 1. The Bertz CT molecular complexity index is 349. The standard InChI is InChI=1S/C9H17NO4S/c1-7(2)10-9(8(11)14-3)4-5-15(12,13)6-9/h7,10H,4-6H2,1-3H3. The summed E-state index contributed by atoms with van der Waals surface area (Å²) in [5, 5.41) is 3.01. The van der Waals surface area contributed by atoms with Gasteiger partial charge in [0.05, 0.1) is 18.6 Å². The van der Waals surface area contributed by atoms with Crippen LogP contribution >= 0.6 is 0 Å². The number of ether oxygens (including phenoxy) is 1. The molecule has 1 rings (SSSR count). The fourth-order valence-corrected chi connectivity index (χ4v) is 3.83. The van der Waals surface area contributed by atoms with Crippen molar-refractivity contribution in [2.45, 2.75) is 31.8 Å². The molecule has 15 heavy (non-hydrogen) atoms. The fraction of sp³-hybridized carbons (Fsp3) is 0.889. The van der Waals surface area contributed by atoms with Crippen LogP contribution in [0.25, 0.3) is 0 Å². The average molecular weight is 235 g/mol. The van der Waals surface area contributed by atoms with E-state index < -0.39 is 21.3 Å². The fourth-order valence-electron chi connectivity index (χ4n) is 1.93. The van der Waals surface area contributed by atoms with Crippen molar-refractivity contribution < 1.29 is 17.9 Å². The van der Waals surface area contributed by atoms with Gasteiger partial charge in [0.2, 0.25) is 0 Å². The van der Waals surface area contributed by atoms with E-state index in [9.17, 15) is 13.2 Å². The number of hydrogen-bond donors (Lipinski definition) is 1. The lowest BCUT2D eigenvalue weighted by Crippen LogP contribution is -2.56. The van der Waals surface area contributed by atoms with E-state index in [0.717, 1.165) is 0 Å². The van der Waals surface area contributed by atoms with Crippen molar-refractivity contribution in [3.05, 3.63) is 0 Å². The highest BCUT2D eigenvalue weighted by atomic mass is 32.2. The smallest absolute Gasteiger partial charge is 0.327 e. The van der Waals surface area contributed by atoms with Crippen molar-refractivity contribution in [3.63, 3.8) is 0 Å². The number of esters is 1. The molecule has 1 N–H and O–H groups in total. The van der Waals surface area contributed by atoms with Gasteiger partial charge in [0.15, 0.2) is 9.84 Å². The third kappa shape index (κ3) is 2.69. The molecule has 0 aromatic heterocycles. The monoisotopic (exact) mass is 235 g/mol. The molecule has 0 saturated carbocycles. The first-order chi connectivity index (χ1) is 6.81. The van der Waals surface area contributed by atoms with Gasteiger partial charge in [0.1, 0.15) is 5.54 Å². The Morgan fingerprint density at radius 1 is 1.47 bits per heavy atom. The van der Waals surface area contributed by atoms with E-state index >= 15 is 0 Å². The number of nitrogens with one attached hydrogen (secondary N) is 1. The summed E-state index contributed by atoms with van der Waals surface area (Å²) in [4.78, 5) is 11.6. The predicted octanol–water partition coefficient (Wildman–Crippen LogP) is -0.285. The molecule has 1 aliphatic heterocycles. The van der Waals surface area contributed by atoms with E-state index in [2.05, 4.69) is 10.1 Å². The third-order valence-electron chi connectivity index (χ3n) is 2.45. The van der Waals surface area contributed by atoms with Gasteiger partial charge in [-0.2, -0.15) is 0 Å². The Hall–Kier alpha value is -0.620. The first-order valence-electron chi connectivity index (χ1n) is 4.88. The van der Waals surface area contributed by atoms with Gasteiger partial charge >= 0.3 is 5.97 Å². The van der Waals surface area contributed by atoms with Crippen LogP contribution in [0.15, 0.2) is 0 Å². The van der Waals surface area contributed by atoms with E-state index in [1.807, 2.05) is 13.8 Å². The summed E-state index contributed by atoms with van der Waals surface area (Å²) in [6.45, 7) is 3.74. The number of hydrogen-bond acceptors (Lipinski definition) is 5. The van der Waals surface area contributed by atoms with Gasteiger partial charge < -0.3 is 4.74 Å². The minimum absolute atomic E-state index is 0.0393. The van der Waals surface area contributed by atoms with Crippen LogP contribution in [0.2, 0.25) is 0 Å². The Balaban J connectivity index is 2.94. The minimum Gasteiger partial charge on any atom is -0.468 e. The highest BCUT2D eigenvalue weighted by Crippen LogP contribution is 2.25. The van der Waals surface area contributed by atoms with Gasteiger partial charge in [0, 0.05) is 6.04 Å². The molecule has 1 saturated heterocycles. The van der Waals surface area contributed by atoms with E-state index in [1.165, 1.54) is 7.11 Å². The van der Waals surface area contributed by atoms with Crippen molar-refractivity contribution in [1.82, 2.24) is 5.32 Å². The lowest BCUT2D eigenvalue weighted by molar-refractivity contribution is -0.147. The zero-order chi connectivity index (χ0) is 11.7. The summed E-state index contributed by atoms with van der Waals surface area (Å²) in [5.74, 6) is -0.607. The summed E-state index contributed by atoms with van der Waals surface area (Å²) in [6, 6.07) is 0.0393. The Labute approximate surface area is 90.1 Å². The van der Waals surface area contributed by atoms with E-state index in [1.54, 1.807) is 0 Å². The second-order valence-electron chi connectivity index (χ2n) is 4.21. The van der Waals surface area contributed by atoms with Crippen molar-refractivity contribution in [3.8, 4) is 0 Å². The molecule has 0 amide bonds. The Morgan fingerprint density at radius 3 is 2.40 bits per heavy atom. The summed E-state index contributed by atoms with van der Waals surface area (Å²) in [6.07, 6.45) is 0.292. The Morgan fingerprint density at radius 2 is 2.07 bits per heavy atom. The minimum atomic E-state index is -3.12. The van der Waals surface area contributed by atoms with Crippen LogP contribution in [0, 0.1) is 0 Å². The quantitative estimate of drug-likeness (QED) is 0.681. The largest absolute Gasteiger partial charge is 0.468 e. The third-order valence-corrected chi connectivity index (χ3v) is 4.21. The molecule has 0 radical (unpaired) electrons. The summed E-state index contributed by atoms with van der Waals surface area (Å²) >= 11 is 0. The molecule has 1 aliphatic rings. The van der Waals surface area contributed by atoms with Gasteiger partial charge in [-0.25, -0.2) is 8.42 Å². The van der Waals surface area contributed by atoms with Crippen molar-refractivity contribution in [2.75, 3.05) is 18.6 Å². The van der Waals surface area contributed by atoms with Crippen molar-refractivity contribution >= 4 is 15.8 Å². The van der Waals surface area contributed by atoms with Crippen LogP contribution in [0.5, 0.6) is 0 Å². The number of rotatable bonds is 3. The van der Waals surface area contributed by atoms with Crippen LogP contribution in [0.4, 0.5) is 0 Å². The zero-order valence-electron chi connectivity index (χ0n) is 9.24. The lowest BCUT2D eigenvalue weighted by Gasteiger charge is -2.28. The van der Waals surface area contributed by atoms with Gasteiger partial charge in [-0.1, -0.05) is 0 Å². The lowest BCUT2D eigenvalue weighted by atomic mass is 9.98. The molecule has 88 valence electrons. The molecule has 1 atom stereocenters. The molecule has 0 aromatic rings. The molecule has 0 aliphatic carbocycles. The van der Waals surface area contributed by atoms with Crippen molar-refractivity contribution in [2.24, 2.45) is 0 Å². The maximum Gasteiger partial charge on any atom is 0.327 e. The van der Waals surface area contributed by atoms with Gasteiger partial charge in [-0.3, -0.25) is 10.1 Å². The molecule has 0 aromatic carbocycles. The molecule has 1 heterocycles. The van der Waals surface area contributed by atoms with Gasteiger partial charge in [-0.05, 0) is 20.3 Å². The first kappa shape index (κ1) is 12.4. The second kappa shape index (κ2) is 4.09. The van der Waals surface area contributed by atoms with Gasteiger partial charge in [-0.15, -0.1) is 0 Å². The Kier molecular flexibility index (Phi) is 3.40. The van der Waals surface area contributed by atoms with Crippen LogP contribution in [-0.4, -0.2) is 44.6 Å². The number of methoxy groups -OCH3 is 1. The zero-order valence-corrected chi connectivity index (χ0v) is 10.1.